The van der Waals surface area contributed by atoms with Gasteiger partial charge in [-0.2, -0.15) is 18.3 Å². The SMILES string of the molecule is CC(C)(C)[S+]([O-])N[C@](CCC1CC1)(c1cccnc1)c1ccc(F)c(NC(=O)c2cc(C(F)(F)F)nn2-c2cccc(CNC(=O)O)c2)c1. The molecule has 2 amide bonds. The lowest BCUT2D eigenvalue weighted by Crippen LogP contribution is -2.52. The van der Waals surface area contributed by atoms with E-state index in [1.165, 1.54) is 30.3 Å². The number of nitrogens with zero attached hydrogens (tertiary/aromatic N) is 3. The normalized spacial score (nSPS) is 15.3. The lowest BCUT2D eigenvalue weighted by molar-refractivity contribution is -0.141. The molecule has 4 aromatic rings. The Bertz CT molecular complexity index is 1810. The largest absolute Gasteiger partial charge is 0.598 e. The number of carbonyl (C=O) groups excluding carboxylic acids is 1. The third-order valence-corrected chi connectivity index (χ3v) is 9.79. The number of carbonyl (C=O) groups is 2. The Morgan fingerprint density at radius 3 is 2.43 bits per heavy atom. The molecule has 1 aliphatic carbocycles. The van der Waals surface area contributed by atoms with Crippen LogP contribution in [0.5, 0.6) is 0 Å². The third-order valence-electron chi connectivity index (χ3n) is 8.14. The Kier molecular flexibility index (Phi) is 10.4. The van der Waals surface area contributed by atoms with Crippen LogP contribution < -0.4 is 15.4 Å². The first-order chi connectivity index (χ1) is 23.1. The number of aromatic nitrogens is 3. The van der Waals surface area contributed by atoms with Gasteiger partial charge in [0.05, 0.1) is 11.4 Å². The molecule has 5 rings (SSSR count). The van der Waals surface area contributed by atoms with Crippen LogP contribution >= 0.6 is 0 Å². The molecule has 0 spiro atoms. The molecule has 1 aliphatic rings. The lowest BCUT2D eigenvalue weighted by atomic mass is 9.80. The molecule has 10 nitrogen and oxygen atoms in total. The van der Waals surface area contributed by atoms with Crippen molar-refractivity contribution in [3.8, 4) is 5.69 Å². The van der Waals surface area contributed by atoms with Crippen molar-refractivity contribution in [2.75, 3.05) is 5.32 Å². The molecular formula is C34H36F4N6O4S. The minimum atomic E-state index is -4.91. The smallest absolute Gasteiger partial charge is 0.435 e. The highest BCUT2D eigenvalue weighted by molar-refractivity contribution is 7.90. The van der Waals surface area contributed by atoms with E-state index >= 15 is 4.39 Å². The summed E-state index contributed by atoms with van der Waals surface area (Å²) in [5.74, 6) is -1.45. The molecule has 49 heavy (non-hydrogen) atoms. The molecule has 4 N–H and O–H groups in total. The average Bonchev–Trinajstić information content (AvgIpc) is 3.76. The number of halogens is 4. The summed E-state index contributed by atoms with van der Waals surface area (Å²) in [5.41, 5.74) is -1.76. The third kappa shape index (κ3) is 8.58. The highest BCUT2D eigenvalue weighted by Gasteiger charge is 2.44. The number of carboxylic acid groups (broad SMARTS) is 1. The van der Waals surface area contributed by atoms with Gasteiger partial charge in [0.1, 0.15) is 21.8 Å². The second-order valence-electron chi connectivity index (χ2n) is 12.9. The summed E-state index contributed by atoms with van der Waals surface area (Å²) in [4.78, 5) is 28.9. The molecular weight excluding hydrogens is 664 g/mol. The fraction of sp³-hybridized carbons (Fsp3) is 0.353. The molecule has 0 radical (unpaired) electrons. The molecule has 2 atom stereocenters. The topological polar surface area (TPSA) is 144 Å². The molecule has 0 bridgehead atoms. The number of benzene rings is 2. The van der Waals surface area contributed by atoms with Gasteiger partial charge in [0.15, 0.2) is 5.69 Å². The van der Waals surface area contributed by atoms with Crippen molar-refractivity contribution < 1.29 is 36.8 Å². The summed E-state index contributed by atoms with van der Waals surface area (Å²) in [5, 5.41) is 17.2. The van der Waals surface area contributed by atoms with Crippen LogP contribution in [0.15, 0.2) is 73.1 Å². The Balaban J connectivity index is 1.56. The van der Waals surface area contributed by atoms with E-state index in [4.69, 9.17) is 5.11 Å². The minimum absolute atomic E-state index is 0.0455. The van der Waals surface area contributed by atoms with E-state index in [-0.39, 0.29) is 17.9 Å². The molecule has 1 fully saturated rings. The fourth-order valence-corrected chi connectivity index (χ4v) is 6.27. The zero-order chi connectivity index (χ0) is 35.6. The predicted octanol–water partition coefficient (Wildman–Crippen LogP) is 6.93. The van der Waals surface area contributed by atoms with Gasteiger partial charge in [-0.3, -0.25) is 9.78 Å². The van der Waals surface area contributed by atoms with E-state index in [2.05, 4.69) is 25.4 Å². The quantitative estimate of drug-likeness (QED) is 0.0927. The van der Waals surface area contributed by atoms with Gasteiger partial charge in [0, 0.05) is 36.4 Å². The van der Waals surface area contributed by atoms with Crippen molar-refractivity contribution in [3.63, 3.8) is 0 Å². The highest BCUT2D eigenvalue weighted by atomic mass is 32.2. The van der Waals surface area contributed by atoms with E-state index in [0.717, 1.165) is 30.0 Å². The van der Waals surface area contributed by atoms with Crippen molar-refractivity contribution >= 4 is 29.0 Å². The number of hydrogen-bond donors (Lipinski definition) is 4. The Labute approximate surface area is 283 Å². The maximum Gasteiger partial charge on any atom is 0.435 e. The zero-order valence-electron chi connectivity index (χ0n) is 27.0. The standard InChI is InChI=1S/C34H36F4N6O4S/c1-32(2,3)49(48)43-33(14-13-21-9-10-21,24-7-5-15-39-20-24)23-11-12-26(35)27(17-23)41-30(45)28-18-29(34(36,37)38)42-44(28)25-8-4-6-22(16-25)19-40-31(46)47/h4-8,11-12,15-18,20-21,40,43H,9-10,13-14,19H2,1-3H3,(H,41,45)(H,46,47)/t33-,49?/m0/s1. The van der Waals surface area contributed by atoms with Crippen molar-refractivity contribution in [2.45, 2.75) is 69.5 Å². The highest BCUT2D eigenvalue weighted by Crippen LogP contribution is 2.43. The van der Waals surface area contributed by atoms with E-state index < -0.39 is 57.0 Å². The summed E-state index contributed by atoms with van der Waals surface area (Å²) in [6.45, 7) is 5.30. The van der Waals surface area contributed by atoms with Crippen LogP contribution in [0.3, 0.4) is 0 Å². The first-order valence-corrected chi connectivity index (χ1v) is 16.7. The van der Waals surface area contributed by atoms with Gasteiger partial charge in [-0.1, -0.05) is 37.1 Å². The number of amides is 2. The molecule has 1 saturated carbocycles. The van der Waals surface area contributed by atoms with Crippen LogP contribution in [0.2, 0.25) is 0 Å². The predicted molar refractivity (Wildman–Crippen MR) is 176 cm³/mol. The molecule has 1 unspecified atom stereocenters. The second-order valence-corrected chi connectivity index (χ2v) is 14.9. The summed E-state index contributed by atoms with van der Waals surface area (Å²) < 4.78 is 74.0. The second kappa shape index (κ2) is 14.2. The van der Waals surface area contributed by atoms with Gasteiger partial charge in [0.2, 0.25) is 0 Å². The monoisotopic (exact) mass is 700 g/mol. The van der Waals surface area contributed by atoms with Crippen LogP contribution in [0.4, 0.5) is 28.0 Å². The Morgan fingerprint density at radius 1 is 1.04 bits per heavy atom. The molecule has 2 heterocycles. The van der Waals surface area contributed by atoms with Crippen molar-refractivity contribution in [3.05, 3.63) is 107 Å². The number of pyridine rings is 1. The van der Waals surface area contributed by atoms with E-state index in [1.54, 1.807) is 24.5 Å². The maximum absolute atomic E-state index is 15.5. The van der Waals surface area contributed by atoms with Crippen LogP contribution in [0, 0.1) is 11.7 Å². The first kappa shape index (κ1) is 35.8. The van der Waals surface area contributed by atoms with Crippen LogP contribution in [-0.2, 0) is 29.6 Å². The number of alkyl halides is 3. The van der Waals surface area contributed by atoms with E-state index in [0.29, 0.717) is 35.1 Å². The lowest BCUT2D eigenvalue weighted by Gasteiger charge is -2.38. The van der Waals surface area contributed by atoms with Crippen LogP contribution in [0.25, 0.3) is 5.69 Å². The van der Waals surface area contributed by atoms with Gasteiger partial charge in [0.25, 0.3) is 5.91 Å². The van der Waals surface area contributed by atoms with Crippen molar-refractivity contribution in [2.24, 2.45) is 5.92 Å². The number of anilines is 1. The summed E-state index contributed by atoms with van der Waals surface area (Å²) in [6.07, 6.45) is 0.385. The maximum atomic E-state index is 15.5. The molecule has 260 valence electrons. The number of rotatable bonds is 12. The first-order valence-electron chi connectivity index (χ1n) is 15.5. The van der Waals surface area contributed by atoms with E-state index in [1.807, 2.05) is 26.8 Å². The van der Waals surface area contributed by atoms with Crippen LogP contribution in [0.1, 0.15) is 79.3 Å². The average molecular weight is 701 g/mol. The van der Waals surface area contributed by atoms with Crippen molar-refractivity contribution in [1.29, 1.82) is 0 Å². The summed E-state index contributed by atoms with van der Waals surface area (Å²) >= 11 is -1.60. The van der Waals surface area contributed by atoms with Crippen LogP contribution in [-0.4, -0.2) is 41.2 Å². The molecule has 0 aliphatic heterocycles. The number of hydrogen-bond acceptors (Lipinski definition) is 6. The molecule has 0 saturated heterocycles. The van der Waals surface area contributed by atoms with Gasteiger partial charge < -0.3 is 20.3 Å². The van der Waals surface area contributed by atoms with Gasteiger partial charge in [-0.05, 0) is 86.6 Å². The summed E-state index contributed by atoms with van der Waals surface area (Å²) in [6, 6.07) is 14.0. The van der Waals surface area contributed by atoms with Gasteiger partial charge in [-0.25, -0.2) is 13.9 Å². The number of nitrogens with one attached hydrogen (secondary N) is 3. The molecule has 15 heteroatoms. The van der Waals surface area contributed by atoms with Gasteiger partial charge >= 0.3 is 12.3 Å². The Hall–Kier alpha value is -4.47. The molecule has 2 aromatic heterocycles. The van der Waals surface area contributed by atoms with Crippen molar-refractivity contribution in [1.82, 2.24) is 24.8 Å². The Morgan fingerprint density at radius 2 is 1.80 bits per heavy atom. The minimum Gasteiger partial charge on any atom is -0.598 e. The summed E-state index contributed by atoms with van der Waals surface area (Å²) in [7, 11) is 0. The van der Waals surface area contributed by atoms with Gasteiger partial charge in [-0.15, -0.1) is 4.72 Å². The zero-order valence-corrected chi connectivity index (χ0v) is 27.8. The fourth-order valence-electron chi connectivity index (χ4n) is 5.30. The van der Waals surface area contributed by atoms with E-state index in [9.17, 15) is 27.3 Å². The molecule has 2 aromatic carbocycles.